The molecule has 4 rings (SSSR count). The summed E-state index contributed by atoms with van der Waals surface area (Å²) in [5.41, 5.74) is 0. The van der Waals surface area contributed by atoms with Gasteiger partial charge in [0.15, 0.2) is 5.03 Å². The Labute approximate surface area is 117 Å². The van der Waals surface area contributed by atoms with Gasteiger partial charge in [-0.2, -0.15) is 4.31 Å². The molecule has 1 aliphatic carbocycles. The van der Waals surface area contributed by atoms with Crippen LogP contribution in [0.15, 0.2) is 17.6 Å². The van der Waals surface area contributed by atoms with Crippen molar-refractivity contribution in [3.63, 3.8) is 0 Å². The van der Waals surface area contributed by atoms with Gasteiger partial charge in [0.1, 0.15) is 0 Å². The normalized spacial score (nSPS) is 30.6. The number of hydrogen-bond acceptors (Lipinski definition) is 4. The molecule has 1 aromatic heterocycles. The van der Waals surface area contributed by atoms with E-state index in [2.05, 4.69) is 4.98 Å². The number of hydrogen-bond donors (Lipinski definition) is 1. The van der Waals surface area contributed by atoms with Gasteiger partial charge in [-0.15, -0.1) is 0 Å². The number of sulfonamides is 1. The highest BCUT2D eigenvalue weighted by molar-refractivity contribution is 7.89. The van der Waals surface area contributed by atoms with Crippen LogP contribution in [0.5, 0.6) is 0 Å². The number of aliphatic carboxylic acids is 1. The number of piperidine rings is 2. The van der Waals surface area contributed by atoms with E-state index in [0.29, 0.717) is 19.4 Å². The van der Waals surface area contributed by atoms with E-state index >= 15 is 0 Å². The van der Waals surface area contributed by atoms with Crippen LogP contribution < -0.4 is 0 Å². The Hall–Kier alpha value is -1.41. The minimum atomic E-state index is -3.70. The molecule has 0 amide bonds. The third-order valence-corrected chi connectivity index (χ3v) is 6.08. The Morgan fingerprint density at radius 1 is 1.45 bits per heavy atom. The zero-order chi connectivity index (χ0) is 14.5. The largest absolute Gasteiger partial charge is 0.481 e. The summed E-state index contributed by atoms with van der Waals surface area (Å²) in [6.45, 7) is 0.410. The number of carboxylic acids is 1. The Kier molecular flexibility index (Phi) is 3.09. The van der Waals surface area contributed by atoms with Crippen molar-refractivity contribution in [2.75, 3.05) is 6.54 Å². The standard InChI is InChI=1S/C12H17N3O4S/c1-14-6-11(13-7-14)20(18,19)15-5-8-2-3-10(15)9(4-8)12(16)17/h6-10H,2-5H2,1H3,(H,16,17)/t8-,9-,10+/m1/s1. The molecule has 2 bridgehead atoms. The van der Waals surface area contributed by atoms with Crippen molar-refractivity contribution in [1.82, 2.24) is 13.9 Å². The summed E-state index contributed by atoms with van der Waals surface area (Å²) in [5.74, 6) is -1.36. The summed E-state index contributed by atoms with van der Waals surface area (Å²) >= 11 is 0. The summed E-state index contributed by atoms with van der Waals surface area (Å²) in [6.07, 6.45) is 4.99. The Morgan fingerprint density at radius 2 is 2.20 bits per heavy atom. The van der Waals surface area contributed by atoms with E-state index in [1.807, 2.05) is 0 Å². The first kappa shape index (κ1) is 13.6. The first-order valence-electron chi connectivity index (χ1n) is 6.62. The fraction of sp³-hybridized carbons (Fsp3) is 0.667. The van der Waals surface area contributed by atoms with E-state index in [-0.39, 0.29) is 10.9 Å². The maximum Gasteiger partial charge on any atom is 0.308 e. The molecule has 2 aliphatic heterocycles. The summed E-state index contributed by atoms with van der Waals surface area (Å²) in [6, 6.07) is -0.440. The number of imidazole rings is 1. The molecule has 110 valence electrons. The molecule has 0 radical (unpaired) electrons. The fourth-order valence-electron chi connectivity index (χ4n) is 3.33. The minimum Gasteiger partial charge on any atom is -0.481 e. The van der Waals surface area contributed by atoms with Crippen LogP contribution in [-0.2, 0) is 21.9 Å². The molecule has 1 aromatic rings. The van der Waals surface area contributed by atoms with Crippen molar-refractivity contribution in [1.29, 1.82) is 0 Å². The molecule has 7 nitrogen and oxygen atoms in total. The zero-order valence-corrected chi connectivity index (χ0v) is 12.0. The monoisotopic (exact) mass is 299 g/mol. The third kappa shape index (κ3) is 2.03. The first-order valence-corrected chi connectivity index (χ1v) is 8.06. The predicted molar refractivity (Wildman–Crippen MR) is 69.4 cm³/mol. The Morgan fingerprint density at radius 3 is 2.75 bits per heavy atom. The van der Waals surface area contributed by atoms with Gasteiger partial charge in [0, 0.05) is 25.8 Å². The molecule has 0 aromatic carbocycles. The number of fused-ring (bicyclic) bond motifs is 3. The maximum absolute atomic E-state index is 12.6. The average Bonchev–Trinajstić information content (AvgIpc) is 2.86. The highest BCUT2D eigenvalue weighted by atomic mass is 32.2. The molecule has 3 atom stereocenters. The smallest absolute Gasteiger partial charge is 0.308 e. The molecule has 0 spiro atoms. The van der Waals surface area contributed by atoms with Crippen molar-refractivity contribution in [3.8, 4) is 0 Å². The first-order chi connectivity index (χ1) is 9.39. The number of nitrogens with zero attached hydrogens (tertiary/aromatic N) is 3. The fourth-order valence-corrected chi connectivity index (χ4v) is 5.06. The van der Waals surface area contributed by atoms with E-state index in [9.17, 15) is 18.3 Å². The number of aryl methyl sites for hydroxylation is 1. The molecule has 1 N–H and O–H groups in total. The highest BCUT2D eigenvalue weighted by Crippen LogP contribution is 2.41. The summed E-state index contributed by atoms with van der Waals surface area (Å²) in [4.78, 5) is 15.2. The van der Waals surface area contributed by atoms with Gasteiger partial charge in [-0.25, -0.2) is 13.4 Å². The van der Waals surface area contributed by atoms with Crippen LogP contribution in [0.1, 0.15) is 19.3 Å². The van der Waals surface area contributed by atoms with Gasteiger partial charge in [-0.3, -0.25) is 4.79 Å². The molecule has 3 fully saturated rings. The Bertz CT molecular complexity index is 639. The van der Waals surface area contributed by atoms with Crippen molar-refractivity contribution in [2.45, 2.75) is 30.3 Å². The van der Waals surface area contributed by atoms with Crippen molar-refractivity contribution < 1.29 is 18.3 Å². The molecule has 1 saturated carbocycles. The van der Waals surface area contributed by atoms with Crippen LogP contribution in [-0.4, -0.2) is 45.9 Å². The van der Waals surface area contributed by atoms with Crippen LogP contribution in [0.2, 0.25) is 0 Å². The SMILES string of the molecule is Cn1cnc(S(=O)(=O)N2C[C@@H]3CC[C@H]2[C@H](C(=O)O)C3)c1. The van der Waals surface area contributed by atoms with Crippen molar-refractivity contribution in [3.05, 3.63) is 12.5 Å². The lowest BCUT2D eigenvalue weighted by Gasteiger charge is -2.47. The van der Waals surface area contributed by atoms with E-state index in [1.54, 1.807) is 11.6 Å². The third-order valence-electron chi connectivity index (χ3n) is 4.30. The van der Waals surface area contributed by atoms with Crippen LogP contribution in [0, 0.1) is 11.8 Å². The Balaban J connectivity index is 1.96. The molecular weight excluding hydrogens is 282 g/mol. The number of rotatable bonds is 3. The summed E-state index contributed by atoms with van der Waals surface area (Å²) in [5, 5.41) is 9.27. The lowest BCUT2D eigenvalue weighted by atomic mass is 9.74. The van der Waals surface area contributed by atoms with Gasteiger partial charge in [-0.05, 0) is 25.2 Å². The van der Waals surface area contributed by atoms with Crippen LogP contribution in [0.3, 0.4) is 0 Å². The van der Waals surface area contributed by atoms with Crippen LogP contribution in [0.25, 0.3) is 0 Å². The average molecular weight is 299 g/mol. The minimum absolute atomic E-state index is 0.00307. The van der Waals surface area contributed by atoms with E-state index < -0.39 is 28.0 Å². The summed E-state index contributed by atoms with van der Waals surface area (Å²) < 4.78 is 28.2. The van der Waals surface area contributed by atoms with Crippen LogP contribution in [0.4, 0.5) is 0 Å². The predicted octanol–water partition coefficient (Wildman–Crippen LogP) is 0.294. The second-order valence-corrected chi connectivity index (χ2v) is 7.48. The molecule has 2 saturated heterocycles. The van der Waals surface area contributed by atoms with Gasteiger partial charge in [0.05, 0.1) is 12.2 Å². The zero-order valence-electron chi connectivity index (χ0n) is 11.1. The molecule has 0 unspecified atom stereocenters. The second-order valence-electron chi connectivity index (χ2n) is 5.64. The molecular formula is C12H17N3O4S. The maximum atomic E-state index is 12.6. The quantitative estimate of drug-likeness (QED) is 0.866. The van der Waals surface area contributed by atoms with Gasteiger partial charge >= 0.3 is 5.97 Å². The number of aromatic nitrogens is 2. The van der Waals surface area contributed by atoms with E-state index in [4.69, 9.17) is 0 Å². The van der Waals surface area contributed by atoms with Crippen molar-refractivity contribution >= 4 is 16.0 Å². The molecule has 3 heterocycles. The van der Waals surface area contributed by atoms with Gasteiger partial charge in [0.2, 0.25) is 0 Å². The topological polar surface area (TPSA) is 92.5 Å². The van der Waals surface area contributed by atoms with E-state index in [0.717, 1.165) is 6.42 Å². The van der Waals surface area contributed by atoms with Gasteiger partial charge in [-0.1, -0.05) is 0 Å². The lowest BCUT2D eigenvalue weighted by Crippen LogP contribution is -2.57. The summed E-state index contributed by atoms with van der Waals surface area (Å²) in [7, 11) is -2.00. The van der Waals surface area contributed by atoms with E-state index in [1.165, 1.54) is 16.8 Å². The number of carboxylic acid groups (broad SMARTS) is 1. The van der Waals surface area contributed by atoms with Gasteiger partial charge in [0.25, 0.3) is 10.0 Å². The molecule has 3 aliphatic rings. The highest BCUT2D eigenvalue weighted by Gasteiger charge is 2.49. The van der Waals surface area contributed by atoms with Gasteiger partial charge < -0.3 is 9.67 Å². The lowest BCUT2D eigenvalue weighted by molar-refractivity contribution is -0.147. The number of carbonyl (C=O) groups is 1. The van der Waals surface area contributed by atoms with Crippen LogP contribution >= 0.6 is 0 Å². The van der Waals surface area contributed by atoms with Crippen molar-refractivity contribution in [2.24, 2.45) is 18.9 Å². The second kappa shape index (κ2) is 4.56. The molecule has 8 heteroatoms. The molecule has 20 heavy (non-hydrogen) atoms.